The van der Waals surface area contributed by atoms with E-state index in [1.54, 1.807) is 20.8 Å². The fourth-order valence-electron chi connectivity index (χ4n) is 2.05. The average molecular weight is 368 g/mol. The van der Waals surface area contributed by atoms with Gasteiger partial charge >= 0.3 is 6.09 Å². The highest BCUT2D eigenvalue weighted by atomic mass is 32.2. The van der Waals surface area contributed by atoms with E-state index in [1.807, 2.05) is 0 Å². The minimum absolute atomic E-state index is 0.100. The maximum Gasteiger partial charge on any atom is 0.416 e. The molecule has 136 valence electrons. The first-order valence-electron chi connectivity index (χ1n) is 7.43. The molecule has 0 unspecified atom stereocenters. The smallest absolute Gasteiger partial charge is 0.416 e. The number of hydrogen-bond acceptors (Lipinski definition) is 7. The first kappa shape index (κ1) is 18.8. The second-order valence-electron chi connectivity index (χ2n) is 6.58. The van der Waals surface area contributed by atoms with Crippen LogP contribution >= 0.6 is 0 Å². The van der Waals surface area contributed by atoms with E-state index in [2.05, 4.69) is 9.97 Å². The van der Waals surface area contributed by atoms with Crippen molar-refractivity contribution in [1.82, 2.24) is 13.9 Å². The molecule has 0 saturated heterocycles. The topological polar surface area (TPSA) is 111 Å². The molecule has 25 heavy (non-hydrogen) atoms. The third-order valence-electron chi connectivity index (χ3n) is 2.97. The predicted molar refractivity (Wildman–Crippen MR) is 92.0 cm³/mol. The molecule has 0 aliphatic heterocycles. The Morgan fingerprint density at radius 2 is 1.96 bits per heavy atom. The normalized spacial score (nSPS) is 12.2. The molecular formula is C15H20N4O5S. The molecule has 2 aromatic rings. The number of amides is 1. The van der Waals surface area contributed by atoms with Crippen LogP contribution in [-0.2, 0) is 19.6 Å². The van der Waals surface area contributed by atoms with Gasteiger partial charge in [-0.05, 0) is 33.8 Å². The minimum Gasteiger partial charge on any atom is -0.443 e. The standard InChI is InChI=1S/C15H20N4O5S/c1-10(20)9-18(14(21)24-15(2,3)4)12-8-16-13-11(17-12)6-7-19(13)25(5,22)23/h6-8H,9H2,1-5H3. The van der Waals surface area contributed by atoms with Crippen LogP contribution in [0.25, 0.3) is 11.2 Å². The SMILES string of the molecule is CC(=O)CN(C(=O)OC(C)(C)C)c1cnc2c(ccn2S(C)(=O)=O)n1. The summed E-state index contributed by atoms with van der Waals surface area (Å²) in [5.41, 5.74) is -0.332. The zero-order chi connectivity index (χ0) is 19.0. The van der Waals surface area contributed by atoms with E-state index < -0.39 is 21.7 Å². The van der Waals surface area contributed by atoms with Crippen molar-refractivity contribution >= 4 is 38.9 Å². The van der Waals surface area contributed by atoms with Gasteiger partial charge < -0.3 is 4.74 Å². The number of Topliss-reactive ketones (excluding diaryl/α,β-unsaturated/α-hetero) is 1. The number of hydrogen-bond donors (Lipinski definition) is 0. The highest BCUT2D eigenvalue weighted by molar-refractivity contribution is 7.89. The molecule has 0 atom stereocenters. The van der Waals surface area contributed by atoms with Gasteiger partial charge in [-0.3, -0.25) is 9.69 Å². The molecule has 2 aromatic heterocycles. The third-order valence-corrected chi connectivity index (χ3v) is 3.98. The van der Waals surface area contributed by atoms with Crippen LogP contribution in [-0.4, -0.2) is 52.6 Å². The van der Waals surface area contributed by atoms with Gasteiger partial charge in [0.2, 0.25) is 10.0 Å². The Hall–Kier alpha value is -2.49. The second kappa shape index (κ2) is 6.43. The van der Waals surface area contributed by atoms with Crippen molar-refractivity contribution in [1.29, 1.82) is 0 Å². The maximum atomic E-state index is 12.4. The summed E-state index contributed by atoms with van der Waals surface area (Å²) in [7, 11) is -3.52. The van der Waals surface area contributed by atoms with E-state index in [0.717, 1.165) is 15.1 Å². The van der Waals surface area contributed by atoms with E-state index in [0.29, 0.717) is 0 Å². The Kier molecular flexibility index (Phi) is 4.85. The molecule has 0 aliphatic carbocycles. The molecule has 9 nitrogen and oxygen atoms in total. The van der Waals surface area contributed by atoms with Crippen molar-refractivity contribution in [3.63, 3.8) is 0 Å². The first-order chi connectivity index (χ1) is 11.4. The maximum absolute atomic E-state index is 12.4. The summed E-state index contributed by atoms with van der Waals surface area (Å²) >= 11 is 0. The van der Waals surface area contributed by atoms with E-state index in [-0.39, 0.29) is 29.3 Å². The lowest BCUT2D eigenvalue weighted by Gasteiger charge is -2.26. The molecule has 0 aliphatic rings. The molecule has 1 amide bonds. The monoisotopic (exact) mass is 368 g/mol. The largest absolute Gasteiger partial charge is 0.443 e. The van der Waals surface area contributed by atoms with Crippen LogP contribution in [0.1, 0.15) is 27.7 Å². The number of rotatable bonds is 4. The van der Waals surface area contributed by atoms with Gasteiger partial charge in [0.25, 0.3) is 0 Å². The lowest BCUT2D eigenvalue weighted by molar-refractivity contribution is -0.115. The van der Waals surface area contributed by atoms with Gasteiger partial charge in [-0.2, -0.15) is 0 Å². The van der Waals surface area contributed by atoms with Crippen LogP contribution in [0.3, 0.4) is 0 Å². The van der Waals surface area contributed by atoms with Crippen LogP contribution in [0.4, 0.5) is 10.6 Å². The van der Waals surface area contributed by atoms with Gasteiger partial charge in [0.1, 0.15) is 16.9 Å². The lowest BCUT2D eigenvalue weighted by atomic mass is 10.2. The van der Waals surface area contributed by atoms with E-state index >= 15 is 0 Å². The highest BCUT2D eigenvalue weighted by Crippen LogP contribution is 2.20. The number of nitrogens with zero attached hydrogens (tertiary/aromatic N) is 4. The average Bonchev–Trinajstić information content (AvgIpc) is 2.85. The number of fused-ring (bicyclic) bond motifs is 1. The summed E-state index contributed by atoms with van der Waals surface area (Å²) in [4.78, 5) is 33.3. The quantitative estimate of drug-likeness (QED) is 0.805. The molecular weight excluding hydrogens is 348 g/mol. The minimum atomic E-state index is -3.52. The predicted octanol–water partition coefficient (Wildman–Crippen LogP) is 1.57. The molecule has 0 bridgehead atoms. The molecule has 0 fully saturated rings. The van der Waals surface area contributed by atoms with Crippen LogP contribution < -0.4 is 4.90 Å². The summed E-state index contributed by atoms with van der Waals surface area (Å²) in [5, 5.41) is 0. The Bertz CT molecular complexity index is 927. The first-order valence-corrected chi connectivity index (χ1v) is 9.28. The highest BCUT2D eigenvalue weighted by Gasteiger charge is 2.26. The van der Waals surface area contributed by atoms with Crippen molar-refractivity contribution in [3.05, 3.63) is 18.5 Å². The van der Waals surface area contributed by atoms with Gasteiger partial charge in [-0.1, -0.05) is 0 Å². The van der Waals surface area contributed by atoms with Crippen LogP contribution in [0.5, 0.6) is 0 Å². The van der Waals surface area contributed by atoms with Crippen LogP contribution in [0.2, 0.25) is 0 Å². The molecule has 2 rings (SSSR count). The van der Waals surface area contributed by atoms with E-state index in [1.165, 1.54) is 25.4 Å². The molecule has 10 heteroatoms. The van der Waals surface area contributed by atoms with Crippen molar-refractivity contribution < 1.29 is 22.7 Å². The van der Waals surface area contributed by atoms with Crippen LogP contribution in [0, 0.1) is 0 Å². The zero-order valence-corrected chi connectivity index (χ0v) is 15.5. The lowest BCUT2D eigenvalue weighted by Crippen LogP contribution is -2.40. The Labute approximate surface area is 145 Å². The zero-order valence-electron chi connectivity index (χ0n) is 14.7. The molecule has 2 heterocycles. The van der Waals surface area contributed by atoms with E-state index in [4.69, 9.17) is 4.74 Å². The number of carbonyl (C=O) groups excluding carboxylic acids is 2. The summed E-state index contributed by atoms with van der Waals surface area (Å²) in [6.45, 7) is 6.22. The number of ketones is 1. The van der Waals surface area contributed by atoms with Crippen molar-refractivity contribution in [2.24, 2.45) is 0 Å². The fourth-order valence-corrected chi connectivity index (χ4v) is 2.79. The van der Waals surface area contributed by atoms with Crippen molar-refractivity contribution in [2.45, 2.75) is 33.3 Å². The summed E-state index contributed by atoms with van der Waals surface area (Å²) in [6, 6.07) is 1.47. The van der Waals surface area contributed by atoms with Crippen molar-refractivity contribution in [2.75, 3.05) is 17.7 Å². The van der Waals surface area contributed by atoms with Crippen molar-refractivity contribution in [3.8, 4) is 0 Å². The Morgan fingerprint density at radius 3 is 2.48 bits per heavy atom. The number of anilines is 1. The number of ether oxygens (including phenoxy) is 1. The summed E-state index contributed by atoms with van der Waals surface area (Å²) in [6.07, 6.45) is 2.87. The van der Waals surface area contributed by atoms with E-state index in [9.17, 15) is 18.0 Å². The van der Waals surface area contributed by atoms with Crippen LogP contribution in [0.15, 0.2) is 18.5 Å². The Morgan fingerprint density at radius 1 is 1.32 bits per heavy atom. The number of carbonyl (C=O) groups is 2. The number of aromatic nitrogens is 3. The molecule has 0 N–H and O–H groups in total. The van der Waals surface area contributed by atoms with Gasteiger partial charge in [0.05, 0.1) is 19.0 Å². The molecule has 0 saturated carbocycles. The van der Waals surface area contributed by atoms with Gasteiger partial charge in [-0.25, -0.2) is 27.2 Å². The second-order valence-corrected chi connectivity index (χ2v) is 8.44. The molecule has 0 aromatic carbocycles. The van der Waals surface area contributed by atoms with Gasteiger partial charge in [0.15, 0.2) is 11.5 Å². The molecule has 0 spiro atoms. The third kappa shape index (κ3) is 4.53. The van der Waals surface area contributed by atoms with Gasteiger partial charge in [0, 0.05) is 6.20 Å². The molecule has 0 radical (unpaired) electrons. The summed E-state index contributed by atoms with van der Waals surface area (Å²) in [5.74, 6) is -0.162. The fraction of sp³-hybridized carbons (Fsp3) is 0.467. The summed E-state index contributed by atoms with van der Waals surface area (Å²) < 4.78 is 29.7. The Balaban J connectivity index is 2.47. The van der Waals surface area contributed by atoms with Gasteiger partial charge in [-0.15, -0.1) is 0 Å².